The van der Waals surface area contributed by atoms with Crippen LogP contribution in [0.3, 0.4) is 0 Å². The highest BCUT2D eigenvalue weighted by molar-refractivity contribution is 6.16. The van der Waals surface area contributed by atoms with Crippen LogP contribution < -0.4 is 0 Å². The van der Waals surface area contributed by atoms with E-state index in [1.807, 2.05) is 12.1 Å². The molecule has 0 spiro atoms. The van der Waals surface area contributed by atoms with Crippen LogP contribution in [0.5, 0.6) is 0 Å². The second kappa shape index (κ2) is 11.0. The Labute approximate surface area is 283 Å². The molecule has 49 heavy (non-hydrogen) atoms. The molecule has 7 aromatic carbocycles. The van der Waals surface area contributed by atoms with E-state index in [4.69, 9.17) is 4.42 Å². The summed E-state index contributed by atoms with van der Waals surface area (Å²) >= 11 is 0. The van der Waals surface area contributed by atoms with Crippen LogP contribution in [0.4, 0.5) is 0 Å². The number of hydrogen-bond acceptors (Lipinski definition) is 1. The molecular weight excluding hydrogens is 597 g/mol. The van der Waals surface area contributed by atoms with Crippen molar-refractivity contribution in [1.82, 2.24) is 9.13 Å². The van der Waals surface area contributed by atoms with E-state index in [1.54, 1.807) is 0 Å². The third-order valence-corrected chi connectivity index (χ3v) is 9.73. The lowest BCUT2D eigenvalue weighted by atomic mass is 9.93. The van der Waals surface area contributed by atoms with Gasteiger partial charge in [-0.05, 0) is 53.6 Å². The molecule has 0 radical (unpaired) electrons. The minimum absolute atomic E-state index is 0.877. The van der Waals surface area contributed by atoms with Gasteiger partial charge in [0.2, 0.25) is 0 Å². The largest absolute Gasteiger partial charge is 0.456 e. The number of hydrogen-bond donors (Lipinski definition) is 0. The average Bonchev–Trinajstić information content (AvgIpc) is 3.83. The quantitative estimate of drug-likeness (QED) is 0.186. The molecule has 0 unspecified atom stereocenters. The molecule has 0 bridgehead atoms. The minimum atomic E-state index is 0.877. The van der Waals surface area contributed by atoms with Crippen molar-refractivity contribution in [2.24, 2.45) is 0 Å². The van der Waals surface area contributed by atoms with Crippen LogP contribution >= 0.6 is 0 Å². The van der Waals surface area contributed by atoms with Gasteiger partial charge in [0.05, 0.1) is 22.4 Å². The lowest BCUT2D eigenvalue weighted by Gasteiger charge is -2.16. The summed E-state index contributed by atoms with van der Waals surface area (Å²) in [7, 11) is 0. The van der Waals surface area contributed by atoms with E-state index >= 15 is 0 Å². The predicted molar refractivity (Wildman–Crippen MR) is 204 cm³/mol. The van der Waals surface area contributed by atoms with E-state index in [1.165, 1.54) is 33.1 Å². The summed E-state index contributed by atoms with van der Waals surface area (Å²) in [5.74, 6) is 0. The van der Waals surface area contributed by atoms with Crippen LogP contribution in [0, 0.1) is 0 Å². The van der Waals surface area contributed by atoms with E-state index in [9.17, 15) is 0 Å². The van der Waals surface area contributed by atoms with Crippen molar-refractivity contribution in [2.75, 3.05) is 0 Å². The predicted octanol–water partition coefficient (Wildman–Crippen LogP) is 12.5. The number of aromatic nitrogens is 2. The second-order valence-corrected chi connectivity index (χ2v) is 12.5. The molecule has 230 valence electrons. The van der Waals surface area contributed by atoms with E-state index in [0.29, 0.717) is 0 Å². The maximum atomic E-state index is 6.43. The van der Waals surface area contributed by atoms with Gasteiger partial charge in [-0.15, -0.1) is 0 Å². The van der Waals surface area contributed by atoms with Crippen molar-refractivity contribution in [2.45, 2.75) is 0 Å². The lowest BCUT2D eigenvalue weighted by Crippen LogP contribution is -1.99. The van der Waals surface area contributed by atoms with Crippen molar-refractivity contribution < 1.29 is 4.42 Å². The molecule has 10 rings (SSSR count). The van der Waals surface area contributed by atoms with E-state index in [-0.39, 0.29) is 0 Å². The SMILES string of the molecule is c1ccc(-c2c(-c3c(-c4ccccc4)n(-c4ccc5c(c4)oc4ccccc45)c4ccccc34)c3ccccc3n2-c2ccccc2)cc1. The molecule has 0 aliphatic rings. The first-order valence-electron chi connectivity index (χ1n) is 16.7. The van der Waals surface area contributed by atoms with Crippen molar-refractivity contribution >= 4 is 43.7 Å². The van der Waals surface area contributed by atoms with Gasteiger partial charge in [-0.3, -0.25) is 0 Å². The second-order valence-electron chi connectivity index (χ2n) is 12.5. The van der Waals surface area contributed by atoms with Gasteiger partial charge in [0.25, 0.3) is 0 Å². The summed E-state index contributed by atoms with van der Waals surface area (Å²) in [6, 6.07) is 64.9. The van der Waals surface area contributed by atoms with E-state index < -0.39 is 0 Å². The fourth-order valence-electron chi connectivity index (χ4n) is 7.69. The molecular formula is C46H30N2O. The number of nitrogens with zero attached hydrogens (tertiary/aromatic N) is 2. The Hall–Kier alpha value is -6.58. The zero-order valence-electron chi connectivity index (χ0n) is 26.6. The first kappa shape index (κ1) is 27.5. The Bertz CT molecular complexity index is 2800. The zero-order valence-corrected chi connectivity index (χ0v) is 26.6. The Kier molecular flexibility index (Phi) is 6.18. The monoisotopic (exact) mass is 626 g/mol. The van der Waals surface area contributed by atoms with Gasteiger partial charge in [-0.2, -0.15) is 0 Å². The van der Waals surface area contributed by atoms with Gasteiger partial charge < -0.3 is 13.6 Å². The van der Waals surface area contributed by atoms with Gasteiger partial charge in [-0.25, -0.2) is 0 Å². The minimum Gasteiger partial charge on any atom is -0.456 e. The highest BCUT2D eigenvalue weighted by Crippen LogP contribution is 2.50. The third-order valence-electron chi connectivity index (χ3n) is 9.73. The number of para-hydroxylation sites is 4. The van der Waals surface area contributed by atoms with Crippen molar-refractivity contribution in [1.29, 1.82) is 0 Å². The molecule has 0 N–H and O–H groups in total. The summed E-state index contributed by atoms with van der Waals surface area (Å²) < 4.78 is 11.3. The van der Waals surface area contributed by atoms with Gasteiger partial charge >= 0.3 is 0 Å². The summed E-state index contributed by atoms with van der Waals surface area (Å²) in [6.45, 7) is 0. The summed E-state index contributed by atoms with van der Waals surface area (Å²) in [6.07, 6.45) is 0. The molecule has 0 aliphatic carbocycles. The Morgan fingerprint density at radius 2 is 0.776 bits per heavy atom. The molecule has 3 heteroatoms. The summed E-state index contributed by atoms with van der Waals surface area (Å²) in [5, 5.41) is 4.65. The van der Waals surface area contributed by atoms with Gasteiger partial charge in [0.1, 0.15) is 11.2 Å². The molecule has 10 aromatic rings. The van der Waals surface area contributed by atoms with Crippen LogP contribution in [0.1, 0.15) is 0 Å². The van der Waals surface area contributed by atoms with Crippen LogP contribution in [-0.2, 0) is 0 Å². The average molecular weight is 627 g/mol. The Balaban J connectivity index is 1.39. The smallest absolute Gasteiger partial charge is 0.137 e. The van der Waals surface area contributed by atoms with Crippen LogP contribution in [-0.4, -0.2) is 9.13 Å². The van der Waals surface area contributed by atoms with Crippen molar-refractivity contribution in [3.63, 3.8) is 0 Å². The maximum Gasteiger partial charge on any atom is 0.137 e. The summed E-state index contributed by atoms with van der Waals surface area (Å²) in [4.78, 5) is 0. The third kappa shape index (κ3) is 4.23. The normalized spacial score (nSPS) is 11.7. The number of rotatable bonds is 5. The highest BCUT2D eigenvalue weighted by Gasteiger charge is 2.28. The van der Waals surface area contributed by atoms with Gasteiger partial charge in [0, 0.05) is 50.1 Å². The Morgan fingerprint density at radius 1 is 0.327 bits per heavy atom. The molecule has 0 fully saturated rings. The van der Waals surface area contributed by atoms with Crippen molar-refractivity contribution in [3.05, 3.63) is 182 Å². The standard InChI is InChI=1S/C46H30N2O/c1-4-16-31(17-5-1)45-43(37-23-10-13-25-39(37)47(45)33-20-8-3-9-21-33)44-38-24-11-14-26-40(38)48(46(44)32-18-6-2-7-19-32)34-28-29-36-35-22-12-15-27-41(35)49-42(36)30-34/h1-30H. The van der Waals surface area contributed by atoms with Crippen LogP contribution in [0.2, 0.25) is 0 Å². The molecule has 0 amide bonds. The summed E-state index contributed by atoms with van der Waals surface area (Å²) in [5.41, 5.74) is 13.3. The van der Waals surface area contributed by atoms with Crippen LogP contribution in [0.15, 0.2) is 186 Å². The highest BCUT2D eigenvalue weighted by atomic mass is 16.3. The first-order chi connectivity index (χ1) is 24.3. The maximum absolute atomic E-state index is 6.43. The fraction of sp³-hybridized carbons (Fsp3) is 0. The van der Waals surface area contributed by atoms with Crippen LogP contribution in [0.25, 0.3) is 88.8 Å². The van der Waals surface area contributed by atoms with Gasteiger partial charge in [-0.1, -0.05) is 133 Å². The molecule has 3 nitrogen and oxygen atoms in total. The first-order valence-corrected chi connectivity index (χ1v) is 16.7. The molecule has 0 saturated carbocycles. The van der Waals surface area contributed by atoms with Gasteiger partial charge in [0.15, 0.2) is 0 Å². The fourth-order valence-corrected chi connectivity index (χ4v) is 7.69. The Morgan fingerprint density at radius 3 is 1.37 bits per heavy atom. The molecule has 0 atom stereocenters. The lowest BCUT2D eigenvalue weighted by molar-refractivity contribution is 0.668. The molecule has 3 heterocycles. The van der Waals surface area contributed by atoms with Crippen molar-refractivity contribution in [3.8, 4) is 45.0 Å². The number of furan rings is 1. The van der Waals surface area contributed by atoms with E-state index in [2.05, 4.69) is 179 Å². The molecule has 0 aliphatic heterocycles. The van der Waals surface area contributed by atoms with E-state index in [0.717, 1.165) is 55.7 Å². The molecule has 3 aromatic heterocycles. The molecule has 0 saturated heterocycles. The number of benzene rings is 7. The zero-order chi connectivity index (χ0) is 32.3. The number of fused-ring (bicyclic) bond motifs is 5. The topological polar surface area (TPSA) is 23.0 Å².